The number of rotatable bonds is 5. The third-order valence-corrected chi connectivity index (χ3v) is 3.41. The molecule has 0 saturated heterocycles. The quantitative estimate of drug-likeness (QED) is 0.767. The molecule has 1 aliphatic rings. The molecule has 0 aliphatic carbocycles. The molecule has 102 valence electrons. The Balaban J connectivity index is 2.06. The maximum Gasteiger partial charge on any atom is 0.240 e. The van der Waals surface area contributed by atoms with Crippen molar-refractivity contribution in [2.75, 3.05) is 19.7 Å². The van der Waals surface area contributed by atoms with Crippen LogP contribution >= 0.6 is 0 Å². The van der Waals surface area contributed by atoms with Gasteiger partial charge in [0, 0.05) is 19.6 Å². The van der Waals surface area contributed by atoms with Crippen LogP contribution in [0.15, 0.2) is 36.9 Å². The second-order valence-electron chi connectivity index (χ2n) is 4.70. The van der Waals surface area contributed by atoms with Crippen LogP contribution in [0.1, 0.15) is 11.1 Å². The summed E-state index contributed by atoms with van der Waals surface area (Å²) in [6.45, 7) is 5.16. The van der Waals surface area contributed by atoms with E-state index in [4.69, 9.17) is 5.11 Å². The van der Waals surface area contributed by atoms with Crippen LogP contribution in [0, 0.1) is 0 Å². The van der Waals surface area contributed by atoms with Crippen LogP contribution in [0.5, 0.6) is 0 Å². The minimum absolute atomic E-state index is 0.0249. The molecule has 4 heteroatoms. The van der Waals surface area contributed by atoms with Crippen molar-refractivity contribution < 1.29 is 9.90 Å². The summed E-state index contributed by atoms with van der Waals surface area (Å²) in [5.74, 6) is 0.0310. The zero-order chi connectivity index (χ0) is 13.7. The van der Waals surface area contributed by atoms with E-state index in [1.165, 1.54) is 11.1 Å². The highest BCUT2D eigenvalue weighted by Crippen LogP contribution is 2.17. The van der Waals surface area contributed by atoms with Crippen molar-refractivity contribution in [2.24, 2.45) is 0 Å². The fourth-order valence-electron chi connectivity index (χ4n) is 2.42. The Hall–Kier alpha value is -1.65. The van der Waals surface area contributed by atoms with Crippen molar-refractivity contribution in [3.63, 3.8) is 0 Å². The van der Waals surface area contributed by atoms with E-state index in [0.29, 0.717) is 26.1 Å². The molecule has 0 spiro atoms. The molecule has 1 amide bonds. The molecule has 0 radical (unpaired) electrons. The van der Waals surface area contributed by atoms with Gasteiger partial charge < -0.3 is 15.3 Å². The maximum atomic E-state index is 12.4. The number of fused-ring (bicyclic) bond motifs is 1. The number of hydrogen-bond donors (Lipinski definition) is 2. The van der Waals surface area contributed by atoms with Crippen LogP contribution in [0.3, 0.4) is 0 Å². The topological polar surface area (TPSA) is 52.6 Å². The van der Waals surface area contributed by atoms with Gasteiger partial charge in [-0.25, -0.2) is 0 Å². The van der Waals surface area contributed by atoms with Crippen LogP contribution in [0.4, 0.5) is 0 Å². The van der Waals surface area contributed by atoms with Crippen molar-refractivity contribution >= 4 is 5.91 Å². The molecular weight excluding hydrogens is 240 g/mol. The Morgan fingerprint density at radius 2 is 2.21 bits per heavy atom. The highest BCUT2D eigenvalue weighted by molar-refractivity contribution is 5.82. The van der Waals surface area contributed by atoms with Gasteiger partial charge in [0.05, 0.1) is 12.6 Å². The Labute approximate surface area is 113 Å². The Bertz CT molecular complexity index is 459. The molecule has 1 atom stereocenters. The van der Waals surface area contributed by atoms with Gasteiger partial charge in [-0.1, -0.05) is 30.3 Å². The molecule has 0 fully saturated rings. The Morgan fingerprint density at radius 1 is 1.47 bits per heavy atom. The maximum absolute atomic E-state index is 12.4. The van der Waals surface area contributed by atoms with Gasteiger partial charge in [0.25, 0.3) is 0 Å². The summed E-state index contributed by atoms with van der Waals surface area (Å²) < 4.78 is 0. The first kappa shape index (κ1) is 13.8. The van der Waals surface area contributed by atoms with Gasteiger partial charge in [-0.15, -0.1) is 6.58 Å². The lowest BCUT2D eigenvalue weighted by atomic mass is 9.95. The van der Waals surface area contributed by atoms with Crippen molar-refractivity contribution in [2.45, 2.75) is 19.0 Å². The fraction of sp³-hybridized carbons (Fsp3) is 0.400. The molecule has 2 rings (SSSR count). The van der Waals surface area contributed by atoms with Crippen LogP contribution in [0.2, 0.25) is 0 Å². The predicted octanol–water partition coefficient (Wildman–Crippen LogP) is 0.708. The predicted molar refractivity (Wildman–Crippen MR) is 74.6 cm³/mol. The van der Waals surface area contributed by atoms with Crippen LogP contribution in [0.25, 0.3) is 0 Å². The average Bonchev–Trinajstić information content (AvgIpc) is 2.46. The van der Waals surface area contributed by atoms with E-state index in [1.54, 1.807) is 11.0 Å². The van der Waals surface area contributed by atoms with Crippen LogP contribution in [-0.4, -0.2) is 41.7 Å². The van der Waals surface area contributed by atoms with Gasteiger partial charge >= 0.3 is 0 Å². The normalized spacial score (nSPS) is 17.6. The Kier molecular flexibility index (Phi) is 4.71. The molecule has 1 aromatic carbocycles. The lowest BCUT2D eigenvalue weighted by Crippen LogP contribution is -2.50. The first-order chi connectivity index (χ1) is 9.26. The summed E-state index contributed by atoms with van der Waals surface area (Å²) in [6.07, 6.45) is 2.39. The van der Waals surface area contributed by atoms with Gasteiger partial charge in [-0.05, 0) is 17.5 Å². The minimum atomic E-state index is -0.207. The molecule has 0 saturated carbocycles. The van der Waals surface area contributed by atoms with E-state index in [9.17, 15) is 4.79 Å². The number of hydrogen-bond acceptors (Lipinski definition) is 3. The van der Waals surface area contributed by atoms with Crippen LogP contribution < -0.4 is 5.32 Å². The second-order valence-corrected chi connectivity index (χ2v) is 4.70. The highest BCUT2D eigenvalue weighted by atomic mass is 16.3. The number of benzene rings is 1. The van der Waals surface area contributed by atoms with Crippen molar-refractivity contribution in [3.05, 3.63) is 48.0 Å². The molecule has 1 aromatic rings. The molecule has 1 aliphatic heterocycles. The first-order valence-corrected chi connectivity index (χ1v) is 6.57. The van der Waals surface area contributed by atoms with E-state index in [2.05, 4.69) is 24.0 Å². The second kappa shape index (κ2) is 6.50. The minimum Gasteiger partial charge on any atom is -0.395 e. The molecule has 4 nitrogen and oxygen atoms in total. The summed E-state index contributed by atoms with van der Waals surface area (Å²) in [7, 11) is 0. The lowest BCUT2D eigenvalue weighted by molar-refractivity contribution is -0.133. The number of nitrogens with zero attached hydrogens (tertiary/aromatic N) is 1. The van der Waals surface area contributed by atoms with Crippen LogP contribution in [-0.2, 0) is 17.8 Å². The van der Waals surface area contributed by atoms with E-state index in [1.807, 2.05) is 12.1 Å². The monoisotopic (exact) mass is 260 g/mol. The standard InChI is InChI=1S/C15H20N2O2/c1-2-7-17(8-9-18)15(19)14-10-12-5-3-4-6-13(12)11-16-14/h2-6,14,16,18H,1,7-11H2/t14-/m0/s1. The first-order valence-electron chi connectivity index (χ1n) is 6.57. The molecule has 19 heavy (non-hydrogen) atoms. The third kappa shape index (κ3) is 3.22. The molecule has 0 bridgehead atoms. The SMILES string of the molecule is C=CCN(CCO)C(=O)[C@@H]1Cc2ccccc2CN1. The number of amides is 1. The summed E-state index contributed by atoms with van der Waals surface area (Å²) in [4.78, 5) is 14.0. The van der Waals surface area contributed by atoms with Gasteiger partial charge in [0.1, 0.15) is 0 Å². The molecule has 1 heterocycles. The van der Waals surface area contributed by atoms with E-state index >= 15 is 0 Å². The summed E-state index contributed by atoms with van der Waals surface area (Å²) in [5, 5.41) is 12.3. The molecule has 0 unspecified atom stereocenters. The zero-order valence-electron chi connectivity index (χ0n) is 11.0. The number of aliphatic hydroxyl groups is 1. The van der Waals surface area contributed by atoms with Gasteiger partial charge in [0.15, 0.2) is 0 Å². The third-order valence-electron chi connectivity index (χ3n) is 3.41. The van der Waals surface area contributed by atoms with E-state index in [-0.39, 0.29) is 18.6 Å². The molecular formula is C15H20N2O2. The number of nitrogens with one attached hydrogen (secondary N) is 1. The van der Waals surface area contributed by atoms with Crippen molar-refractivity contribution in [3.8, 4) is 0 Å². The van der Waals surface area contributed by atoms with Gasteiger partial charge in [0.2, 0.25) is 5.91 Å². The fourth-order valence-corrected chi connectivity index (χ4v) is 2.42. The number of aliphatic hydroxyl groups excluding tert-OH is 1. The number of carbonyl (C=O) groups excluding carboxylic acids is 1. The summed E-state index contributed by atoms with van der Waals surface area (Å²) in [6, 6.07) is 7.96. The summed E-state index contributed by atoms with van der Waals surface area (Å²) >= 11 is 0. The van der Waals surface area contributed by atoms with E-state index < -0.39 is 0 Å². The summed E-state index contributed by atoms with van der Waals surface area (Å²) in [5.41, 5.74) is 2.48. The zero-order valence-corrected chi connectivity index (χ0v) is 11.0. The van der Waals surface area contributed by atoms with Gasteiger partial charge in [-0.3, -0.25) is 4.79 Å². The van der Waals surface area contributed by atoms with Crippen molar-refractivity contribution in [1.82, 2.24) is 10.2 Å². The number of carbonyl (C=O) groups is 1. The average molecular weight is 260 g/mol. The molecule has 0 aromatic heterocycles. The Morgan fingerprint density at radius 3 is 2.89 bits per heavy atom. The molecule has 2 N–H and O–H groups in total. The van der Waals surface area contributed by atoms with Crippen molar-refractivity contribution in [1.29, 1.82) is 0 Å². The largest absolute Gasteiger partial charge is 0.395 e. The lowest BCUT2D eigenvalue weighted by Gasteiger charge is -2.30. The smallest absolute Gasteiger partial charge is 0.240 e. The van der Waals surface area contributed by atoms with E-state index in [0.717, 1.165) is 0 Å². The van der Waals surface area contributed by atoms with Gasteiger partial charge in [-0.2, -0.15) is 0 Å². The highest BCUT2D eigenvalue weighted by Gasteiger charge is 2.27.